The Labute approximate surface area is 176 Å². The predicted molar refractivity (Wildman–Crippen MR) is 117 cm³/mol. The monoisotopic (exact) mass is 406 g/mol. The van der Waals surface area contributed by atoms with Crippen LogP contribution >= 0.6 is 0 Å². The third-order valence-corrected chi connectivity index (χ3v) is 5.81. The molecule has 1 aromatic heterocycles. The smallest absolute Gasteiger partial charge is 0.223 e. The first kappa shape index (κ1) is 20.1. The number of carbonyl (C=O) groups excluding carboxylic acids is 1. The van der Waals surface area contributed by atoms with Crippen molar-refractivity contribution in [3.05, 3.63) is 72.3 Å². The van der Waals surface area contributed by atoms with Gasteiger partial charge in [-0.2, -0.15) is 5.10 Å². The molecule has 6 heteroatoms. The number of likely N-dealkylation sites (tertiary alicyclic amines) is 1. The number of carbonyl (C=O) groups is 1. The summed E-state index contributed by atoms with van der Waals surface area (Å²) in [5, 5.41) is 7.31. The van der Waals surface area contributed by atoms with Crippen molar-refractivity contribution >= 4 is 11.6 Å². The molecule has 0 aliphatic carbocycles. The first-order chi connectivity index (χ1) is 14.6. The highest BCUT2D eigenvalue weighted by atomic mass is 19.1. The normalized spacial score (nSPS) is 16.1. The van der Waals surface area contributed by atoms with E-state index in [0.717, 1.165) is 54.9 Å². The van der Waals surface area contributed by atoms with Crippen LogP contribution in [-0.4, -0.2) is 41.1 Å². The van der Waals surface area contributed by atoms with E-state index in [1.807, 2.05) is 23.1 Å². The SMILES string of the molecule is CN(CCCC(=O)N1CCCC1c1[nH]ncc1-c1ccc(F)cc1)c1ccccc1. The largest absolute Gasteiger partial charge is 0.375 e. The Balaban J connectivity index is 1.40. The molecule has 1 unspecified atom stereocenters. The first-order valence-corrected chi connectivity index (χ1v) is 10.5. The van der Waals surface area contributed by atoms with Crippen LogP contribution in [0.25, 0.3) is 11.1 Å². The topological polar surface area (TPSA) is 52.2 Å². The number of H-pyrrole nitrogens is 1. The van der Waals surface area contributed by atoms with Gasteiger partial charge in [-0.05, 0) is 49.1 Å². The zero-order chi connectivity index (χ0) is 20.9. The number of nitrogens with one attached hydrogen (secondary N) is 1. The number of nitrogens with zero attached hydrogens (tertiary/aromatic N) is 3. The molecule has 0 bridgehead atoms. The summed E-state index contributed by atoms with van der Waals surface area (Å²) in [4.78, 5) is 17.1. The Morgan fingerprint density at radius 3 is 2.73 bits per heavy atom. The lowest BCUT2D eigenvalue weighted by atomic mass is 10.0. The number of para-hydroxylation sites is 1. The van der Waals surface area contributed by atoms with E-state index in [2.05, 4.69) is 34.3 Å². The lowest BCUT2D eigenvalue weighted by molar-refractivity contribution is -0.132. The third kappa shape index (κ3) is 4.37. The molecular weight excluding hydrogens is 379 g/mol. The highest BCUT2D eigenvalue weighted by molar-refractivity contribution is 5.77. The number of halogens is 1. The minimum Gasteiger partial charge on any atom is -0.375 e. The van der Waals surface area contributed by atoms with Gasteiger partial charge >= 0.3 is 0 Å². The van der Waals surface area contributed by atoms with Gasteiger partial charge in [-0.25, -0.2) is 4.39 Å². The Morgan fingerprint density at radius 2 is 1.97 bits per heavy atom. The average Bonchev–Trinajstić information content (AvgIpc) is 3.44. The number of hydrogen-bond donors (Lipinski definition) is 1. The molecule has 2 aromatic carbocycles. The quantitative estimate of drug-likeness (QED) is 0.613. The van der Waals surface area contributed by atoms with Gasteiger partial charge in [0, 0.05) is 37.8 Å². The van der Waals surface area contributed by atoms with Gasteiger partial charge in [0.2, 0.25) is 5.91 Å². The van der Waals surface area contributed by atoms with E-state index in [1.54, 1.807) is 18.3 Å². The molecular formula is C24H27FN4O. The van der Waals surface area contributed by atoms with Gasteiger partial charge < -0.3 is 9.80 Å². The van der Waals surface area contributed by atoms with Crippen molar-refractivity contribution < 1.29 is 9.18 Å². The maximum Gasteiger partial charge on any atom is 0.223 e. The van der Waals surface area contributed by atoms with E-state index < -0.39 is 0 Å². The van der Waals surface area contributed by atoms with Gasteiger partial charge in [-0.3, -0.25) is 9.89 Å². The Hall–Kier alpha value is -3.15. The summed E-state index contributed by atoms with van der Waals surface area (Å²) in [6.07, 6.45) is 4.97. The molecule has 0 radical (unpaired) electrons. The molecule has 1 atom stereocenters. The number of hydrogen-bond acceptors (Lipinski definition) is 3. The van der Waals surface area contributed by atoms with Crippen molar-refractivity contribution in [2.75, 3.05) is 25.0 Å². The molecule has 1 N–H and O–H groups in total. The van der Waals surface area contributed by atoms with Crippen molar-refractivity contribution in [2.24, 2.45) is 0 Å². The average molecular weight is 407 g/mol. The van der Waals surface area contributed by atoms with E-state index in [1.165, 1.54) is 12.1 Å². The molecule has 0 saturated carbocycles. The fourth-order valence-electron chi connectivity index (χ4n) is 4.20. The number of benzene rings is 2. The highest BCUT2D eigenvalue weighted by Crippen LogP contribution is 2.36. The van der Waals surface area contributed by atoms with Gasteiger partial charge in [0.05, 0.1) is 17.9 Å². The fourth-order valence-corrected chi connectivity index (χ4v) is 4.20. The predicted octanol–water partition coefficient (Wildman–Crippen LogP) is 4.80. The summed E-state index contributed by atoms with van der Waals surface area (Å²) in [5.41, 5.74) is 3.94. The van der Waals surface area contributed by atoms with Crippen molar-refractivity contribution in [2.45, 2.75) is 31.7 Å². The summed E-state index contributed by atoms with van der Waals surface area (Å²) in [6.45, 7) is 1.60. The molecule has 3 aromatic rings. The summed E-state index contributed by atoms with van der Waals surface area (Å²) in [7, 11) is 2.05. The Morgan fingerprint density at radius 1 is 1.20 bits per heavy atom. The van der Waals surface area contributed by atoms with Crippen LogP contribution in [0.15, 0.2) is 60.8 Å². The molecule has 1 aliphatic heterocycles. The van der Waals surface area contributed by atoms with E-state index in [0.29, 0.717) is 6.42 Å². The number of rotatable bonds is 7. The molecule has 1 fully saturated rings. The van der Waals surface area contributed by atoms with Crippen molar-refractivity contribution in [1.29, 1.82) is 0 Å². The molecule has 1 aliphatic rings. The molecule has 0 spiro atoms. The van der Waals surface area contributed by atoms with Crippen LogP contribution in [0.5, 0.6) is 0 Å². The van der Waals surface area contributed by atoms with Crippen molar-refractivity contribution in [3.63, 3.8) is 0 Å². The standard InChI is InChI=1S/C24H27FN4O/c1-28(20-7-3-2-4-8-20)15-6-10-23(30)29-16-5-9-22(29)24-21(17-26-27-24)18-11-13-19(25)14-12-18/h2-4,7-8,11-14,17,22H,5-6,9-10,15-16H2,1H3,(H,26,27). The van der Waals surface area contributed by atoms with Crippen molar-refractivity contribution in [1.82, 2.24) is 15.1 Å². The Bertz CT molecular complexity index is 970. The second-order valence-electron chi connectivity index (χ2n) is 7.81. The van der Waals surface area contributed by atoms with Gasteiger partial charge in [-0.1, -0.05) is 30.3 Å². The van der Waals surface area contributed by atoms with Crippen LogP contribution in [0, 0.1) is 5.82 Å². The molecule has 4 rings (SSSR count). The number of aromatic amines is 1. The summed E-state index contributed by atoms with van der Waals surface area (Å²) in [6, 6.07) is 16.6. The molecule has 30 heavy (non-hydrogen) atoms. The second-order valence-corrected chi connectivity index (χ2v) is 7.81. The summed E-state index contributed by atoms with van der Waals surface area (Å²) < 4.78 is 13.3. The fraction of sp³-hybridized carbons (Fsp3) is 0.333. The van der Waals surface area contributed by atoms with Gasteiger partial charge in [0.15, 0.2) is 0 Å². The van der Waals surface area contributed by atoms with Crippen LogP contribution in [0.2, 0.25) is 0 Å². The zero-order valence-corrected chi connectivity index (χ0v) is 17.2. The van der Waals surface area contributed by atoms with Gasteiger partial charge in [0.25, 0.3) is 0 Å². The van der Waals surface area contributed by atoms with Gasteiger partial charge in [-0.15, -0.1) is 0 Å². The van der Waals surface area contributed by atoms with Crippen LogP contribution < -0.4 is 4.90 Å². The van der Waals surface area contributed by atoms with E-state index in [-0.39, 0.29) is 17.8 Å². The van der Waals surface area contributed by atoms with Crippen LogP contribution in [0.4, 0.5) is 10.1 Å². The lowest BCUT2D eigenvalue weighted by Crippen LogP contribution is -2.31. The minimum atomic E-state index is -0.262. The molecule has 1 saturated heterocycles. The lowest BCUT2D eigenvalue weighted by Gasteiger charge is -2.25. The summed E-state index contributed by atoms with van der Waals surface area (Å²) >= 11 is 0. The Kier molecular flexibility index (Phi) is 6.12. The number of anilines is 1. The van der Waals surface area contributed by atoms with E-state index in [4.69, 9.17) is 0 Å². The summed E-state index contributed by atoms with van der Waals surface area (Å²) in [5.74, 6) is -0.0828. The molecule has 1 amide bonds. The minimum absolute atomic E-state index is 0.00749. The van der Waals surface area contributed by atoms with Crippen molar-refractivity contribution in [3.8, 4) is 11.1 Å². The van der Waals surface area contributed by atoms with E-state index >= 15 is 0 Å². The van der Waals surface area contributed by atoms with Gasteiger partial charge in [0.1, 0.15) is 5.82 Å². The number of aromatic nitrogens is 2. The van der Waals surface area contributed by atoms with E-state index in [9.17, 15) is 9.18 Å². The maximum absolute atomic E-state index is 13.3. The molecule has 156 valence electrons. The highest BCUT2D eigenvalue weighted by Gasteiger charge is 2.32. The zero-order valence-electron chi connectivity index (χ0n) is 17.2. The molecule has 5 nitrogen and oxygen atoms in total. The van der Waals surface area contributed by atoms with Crippen LogP contribution in [0.1, 0.15) is 37.4 Å². The number of amides is 1. The van der Waals surface area contributed by atoms with Crippen LogP contribution in [0.3, 0.4) is 0 Å². The first-order valence-electron chi connectivity index (χ1n) is 10.5. The molecule has 2 heterocycles. The second kappa shape index (κ2) is 9.11. The van der Waals surface area contributed by atoms with Crippen LogP contribution in [-0.2, 0) is 4.79 Å². The maximum atomic E-state index is 13.3. The third-order valence-electron chi connectivity index (χ3n) is 5.81.